The molecule has 1 aromatic heterocycles. The van der Waals surface area contributed by atoms with E-state index < -0.39 is 0 Å². The Hall–Kier alpha value is -8.72. The summed E-state index contributed by atoms with van der Waals surface area (Å²) in [5.41, 5.74) is 14.7. The molecule has 0 atom stereocenters. The number of benzene rings is 12. The molecule has 0 N–H and O–H groups in total. The summed E-state index contributed by atoms with van der Waals surface area (Å²) in [5.74, 6) is 0. The Kier molecular flexibility index (Phi) is 8.89. The molecular formula is C64H41NO. The lowest BCUT2D eigenvalue weighted by Crippen LogP contribution is -2.10. The van der Waals surface area contributed by atoms with Crippen LogP contribution in [0.15, 0.2) is 253 Å². The van der Waals surface area contributed by atoms with Crippen LogP contribution in [0, 0.1) is 0 Å². The first-order valence-corrected chi connectivity index (χ1v) is 22.7. The molecule has 308 valence electrons. The summed E-state index contributed by atoms with van der Waals surface area (Å²) in [6.45, 7) is 0. The second kappa shape index (κ2) is 15.5. The number of anilines is 3. The van der Waals surface area contributed by atoms with Gasteiger partial charge in [-0.3, -0.25) is 0 Å². The van der Waals surface area contributed by atoms with Crippen LogP contribution in [0.1, 0.15) is 0 Å². The van der Waals surface area contributed by atoms with Gasteiger partial charge < -0.3 is 9.32 Å². The van der Waals surface area contributed by atoms with E-state index >= 15 is 0 Å². The fourth-order valence-electron chi connectivity index (χ4n) is 10.3. The van der Waals surface area contributed by atoms with Gasteiger partial charge in [0.1, 0.15) is 11.2 Å². The maximum absolute atomic E-state index is 6.22. The van der Waals surface area contributed by atoms with Gasteiger partial charge in [0.2, 0.25) is 0 Å². The highest BCUT2D eigenvalue weighted by atomic mass is 16.3. The summed E-state index contributed by atoms with van der Waals surface area (Å²) in [5, 5.41) is 12.2. The van der Waals surface area contributed by atoms with Crippen LogP contribution < -0.4 is 4.90 Å². The van der Waals surface area contributed by atoms with E-state index in [0.29, 0.717) is 0 Å². The van der Waals surface area contributed by atoms with Gasteiger partial charge in [-0.15, -0.1) is 0 Å². The highest BCUT2D eigenvalue weighted by Crippen LogP contribution is 2.45. The van der Waals surface area contributed by atoms with Crippen LogP contribution >= 0.6 is 0 Å². The van der Waals surface area contributed by atoms with Gasteiger partial charge in [-0.05, 0) is 125 Å². The minimum absolute atomic E-state index is 0.908. The largest absolute Gasteiger partial charge is 0.456 e. The lowest BCUT2D eigenvalue weighted by Gasteiger charge is -2.28. The number of para-hydroxylation sites is 1. The zero-order chi connectivity index (χ0) is 43.6. The topological polar surface area (TPSA) is 16.4 Å². The summed E-state index contributed by atoms with van der Waals surface area (Å²) in [6, 6.07) is 90.4. The molecule has 2 nitrogen and oxygen atoms in total. The SMILES string of the molecule is c1ccc2c(-c3c(-c4ccc(N(c5ccc(-c6ccc(-c7cccc8oc9ccccc9c78)cc6)cc5)c5cc6ccccc6c6ccccc56)cc4)ccc4ccccc34)cccc2c1. The minimum Gasteiger partial charge on any atom is -0.456 e. The Morgan fingerprint density at radius 1 is 0.273 bits per heavy atom. The van der Waals surface area contributed by atoms with Gasteiger partial charge in [0.05, 0.1) is 5.69 Å². The average molecular weight is 840 g/mol. The first-order valence-electron chi connectivity index (χ1n) is 22.7. The Labute approximate surface area is 382 Å². The fraction of sp³-hybridized carbons (Fsp3) is 0. The molecule has 12 aromatic carbocycles. The van der Waals surface area contributed by atoms with Gasteiger partial charge in [0.25, 0.3) is 0 Å². The molecule has 0 saturated heterocycles. The van der Waals surface area contributed by atoms with Crippen molar-refractivity contribution < 1.29 is 4.42 Å². The van der Waals surface area contributed by atoms with Gasteiger partial charge in [-0.25, -0.2) is 0 Å². The summed E-state index contributed by atoms with van der Waals surface area (Å²) in [4.78, 5) is 2.42. The molecule has 0 aliphatic heterocycles. The zero-order valence-corrected chi connectivity index (χ0v) is 36.0. The summed E-state index contributed by atoms with van der Waals surface area (Å²) < 4.78 is 6.22. The van der Waals surface area contributed by atoms with E-state index in [1.54, 1.807) is 0 Å². The van der Waals surface area contributed by atoms with Crippen molar-refractivity contribution in [2.24, 2.45) is 0 Å². The predicted octanol–water partition coefficient (Wildman–Crippen LogP) is 18.3. The van der Waals surface area contributed by atoms with E-state index in [4.69, 9.17) is 4.42 Å². The molecule has 66 heavy (non-hydrogen) atoms. The van der Waals surface area contributed by atoms with Crippen LogP contribution in [0.25, 0.3) is 110 Å². The van der Waals surface area contributed by atoms with Crippen molar-refractivity contribution in [2.75, 3.05) is 4.90 Å². The van der Waals surface area contributed by atoms with E-state index in [1.807, 2.05) is 12.1 Å². The van der Waals surface area contributed by atoms with E-state index in [9.17, 15) is 0 Å². The quantitative estimate of drug-likeness (QED) is 0.149. The molecule has 0 amide bonds. The Bertz CT molecular complexity index is 3970. The van der Waals surface area contributed by atoms with Crippen LogP contribution in [0.5, 0.6) is 0 Å². The molecule has 13 aromatic rings. The van der Waals surface area contributed by atoms with Crippen molar-refractivity contribution in [3.05, 3.63) is 249 Å². The molecule has 0 spiro atoms. The first-order chi connectivity index (χ1) is 32.7. The third-order valence-corrected chi connectivity index (χ3v) is 13.5. The maximum atomic E-state index is 6.22. The number of hydrogen-bond acceptors (Lipinski definition) is 2. The summed E-state index contributed by atoms with van der Waals surface area (Å²) >= 11 is 0. The molecule has 0 bridgehead atoms. The van der Waals surface area contributed by atoms with Crippen LogP contribution in [0.4, 0.5) is 17.1 Å². The maximum Gasteiger partial charge on any atom is 0.136 e. The van der Waals surface area contributed by atoms with Gasteiger partial charge >= 0.3 is 0 Å². The molecule has 0 unspecified atom stereocenters. The molecule has 0 saturated carbocycles. The monoisotopic (exact) mass is 839 g/mol. The number of nitrogens with zero attached hydrogens (tertiary/aromatic N) is 1. The van der Waals surface area contributed by atoms with Crippen molar-refractivity contribution in [1.82, 2.24) is 0 Å². The van der Waals surface area contributed by atoms with Crippen molar-refractivity contribution in [3.8, 4) is 44.5 Å². The molecule has 0 aliphatic rings. The number of rotatable bonds is 7. The van der Waals surface area contributed by atoms with Gasteiger partial charge in [0.15, 0.2) is 0 Å². The lowest BCUT2D eigenvalue weighted by atomic mass is 9.87. The number of hydrogen-bond donors (Lipinski definition) is 0. The van der Waals surface area contributed by atoms with Gasteiger partial charge in [-0.2, -0.15) is 0 Å². The number of fused-ring (bicyclic) bond motifs is 8. The van der Waals surface area contributed by atoms with Gasteiger partial charge in [0, 0.05) is 27.5 Å². The molecular weight excluding hydrogens is 799 g/mol. The second-order valence-corrected chi connectivity index (χ2v) is 17.2. The molecule has 0 radical (unpaired) electrons. The van der Waals surface area contributed by atoms with E-state index in [0.717, 1.165) is 44.6 Å². The summed E-state index contributed by atoms with van der Waals surface area (Å²) in [7, 11) is 0. The second-order valence-electron chi connectivity index (χ2n) is 17.2. The Morgan fingerprint density at radius 2 is 0.758 bits per heavy atom. The molecule has 0 fully saturated rings. The standard InChI is InChI=1S/C64H41NO/c1-4-17-51-44(13-1)16-11-24-58(51)63-53-19-6-2-14-45(53)35-40-55(63)47-33-38-50(39-34-47)65(60-41-48-15-3-5-18-52(48)56-20-7-8-21-57(56)60)49-36-31-43(32-37-49)42-27-29-46(30-28-42)54-23-12-26-62-64(54)59-22-9-10-25-61(59)66-62/h1-41H. The molecule has 1 heterocycles. The van der Waals surface area contributed by atoms with Crippen molar-refractivity contribution in [2.45, 2.75) is 0 Å². The van der Waals surface area contributed by atoms with Crippen LogP contribution in [-0.4, -0.2) is 0 Å². The zero-order valence-electron chi connectivity index (χ0n) is 36.0. The van der Waals surface area contributed by atoms with Crippen molar-refractivity contribution >= 4 is 82.1 Å². The van der Waals surface area contributed by atoms with Crippen LogP contribution in [0.3, 0.4) is 0 Å². The average Bonchev–Trinajstić information content (AvgIpc) is 3.78. The third-order valence-electron chi connectivity index (χ3n) is 13.5. The number of furan rings is 1. The smallest absolute Gasteiger partial charge is 0.136 e. The van der Waals surface area contributed by atoms with E-state index in [1.165, 1.54) is 82.0 Å². The van der Waals surface area contributed by atoms with Gasteiger partial charge in [-0.1, -0.05) is 206 Å². The highest BCUT2D eigenvalue weighted by molar-refractivity contribution is 6.16. The highest BCUT2D eigenvalue weighted by Gasteiger charge is 2.20. The molecule has 0 aliphatic carbocycles. The first kappa shape index (κ1) is 37.8. The Balaban J connectivity index is 0.922. The summed E-state index contributed by atoms with van der Waals surface area (Å²) in [6.07, 6.45) is 0. The predicted molar refractivity (Wildman–Crippen MR) is 280 cm³/mol. The minimum atomic E-state index is 0.908. The third kappa shape index (κ3) is 6.26. The van der Waals surface area contributed by atoms with Crippen LogP contribution in [-0.2, 0) is 0 Å². The van der Waals surface area contributed by atoms with Crippen LogP contribution in [0.2, 0.25) is 0 Å². The fourth-order valence-corrected chi connectivity index (χ4v) is 10.3. The van der Waals surface area contributed by atoms with Crippen molar-refractivity contribution in [1.29, 1.82) is 0 Å². The Morgan fingerprint density at radius 3 is 1.50 bits per heavy atom. The van der Waals surface area contributed by atoms with E-state index in [-0.39, 0.29) is 0 Å². The molecule has 2 heteroatoms. The molecule has 13 rings (SSSR count). The lowest BCUT2D eigenvalue weighted by molar-refractivity contribution is 0.669. The van der Waals surface area contributed by atoms with Crippen molar-refractivity contribution in [3.63, 3.8) is 0 Å². The normalized spacial score (nSPS) is 11.6. The van der Waals surface area contributed by atoms with E-state index in [2.05, 4.69) is 241 Å².